The number of carbonyl (C=O) groups excluding carboxylic acids is 1. The Kier molecular flexibility index (Phi) is 2.63. The second-order valence-electron chi connectivity index (χ2n) is 4.55. The van der Waals surface area contributed by atoms with E-state index in [0.717, 1.165) is 19.3 Å². The SMILES string of the molecule is CC[C@H]1C=C(C(=O)O)[C@@H]2CCC(=O)[C@@H]2C1. The van der Waals surface area contributed by atoms with Crippen molar-refractivity contribution in [1.29, 1.82) is 0 Å². The lowest BCUT2D eigenvalue weighted by Gasteiger charge is -2.28. The fraction of sp³-hybridized carbons (Fsp3) is 0.667. The van der Waals surface area contributed by atoms with E-state index in [0.29, 0.717) is 12.0 Å². The molecule has 0 saturated heterocycles. The van der Waals surface area contributed by atoms with Crippen LogP contribution < -0.4 is 0 Å². The van der Waals surface area contributed by atoms with Crippen molar-refractivity contribution in [2.45, 2.75) is 32.6 Å². The summed E-state index contributed by atoms with van der Waals surface area (Å²) in [6.07, 6.45) is 4.96. The molecule has 0 amide bonds. The molecule has 82 valence electrons. The van der Waals surface area contributed by atoms with Crippen molar-refractivity contribution in [3.8, 4) is 0 Å². The molecule has 1 fully saturated rings. The Hall–Kier alpha value is -1.12. The van der Waals surface area contributed by atoms with Gasteiger partial charge in [-0.2, -0.15) is 0 Å². The minimum Gasteiger partial charge on any atom is -0.478 e. The van der Waals surface area contributed by atoms with Crippen molar-refractivity contribution in [2.75, 3.05) is 0 Å². The Morgan fingerprint density at radius 1 is 1.53 bits per heavy atom. The summed E-state index contributed by atoms with van der Waals surface area (Å²) < 4.78 is 0. The Morgan fingerprint density at radius 3 is 2.87 bits per heavy atom. The van der Waals surface area contributed by atoms with Crippen LogP contribution in [0.4, 0.5) is 0 Å². The third kappa shape index (κ3) is 1.71. The number of Topliss-reactive ketones (excluding diaryl/α,β-unsaturated/α-hetero) is 1. The van der Waals surface area contributed by atoms with Crippen molar-refractivity contribution in [3.05, 3.63) is 11.6 Å². The lowest BCUT2D eigenvalue weighted by atomic mass is 9.75. The Morgan fingerprint density at radius 2 is 2.27 bits per heavy atom. The number of hydrogen-bond acceptors (Lipinski definition) is 2. The van der Waals surface area contributed by atoms with Crippen LogP contribution in [0.1, 0.15) is 32.6 Å². The van der Waals surface area contributed by atoms with E-state index in [2.05, 4.69) is 0 Å². The molecule has 2 aliphatic rings. The zero-order valence-corrected chi connectivity index (χ0v) is 8.90. The molecule has 3 nitrogen and oxygen atoms in total. The molecule has 1 saturated carbocycles. The number of carboxylic acids is 1. The number of hydrogen-bond donors (Lipinski definition) is 1. The maximum absolute atomic E-state index is 11.6. The Labute approximate surface area is 89.2 Å². The summed E-state index contributed by atoms with van der Waals surface area (Å²) in [6.45, 7) is 2.04. The minimum atomic E-state index is -0.835. The van der Waals surface area contributed by atoms with Crippen molar-refractivity contribution >= 4 is 11.8 Å². The van der Waals surface area contributed by atoms with E-state index >= 15 is 0 Å². The molecule has 3 atom stereocenters. The molecular weight excluding hydrogens is 192 g/mol. The van der Waals surface area contributed by atoms with Gasteiger partial charge in [0.2, 0.25) is 0 Å². The van der Waals surface area contributed by atoms with Crippen LogP contribution in [0.2, 0.25) is 0 Å². The van der Waals surface area contributed by atoms with Crippen LogP contribution in [0.3, 0.4) is 0 Å². The summed E-state index contributed by atoms with van der Waals surface area (Å²) in [5.41, 5.74) is 0.490. The predicted octanol–water partition coefficient (Wildman–Crippen LogP) is 2.02. The summed E-state index contributed by atoms with van der Waals surface area (Å²) >= 11 is 0. The molecule has 0 aromatic heterocycles. The molecule has 0 unspecified atom stereocenters. The molecule has 0 aliphatic heterocycles. The highest BCUT2D eigenvalue weighted by molar-refractivity contribution is 5.92. The number of carbonyl (C=O) groups is 2. The largest absolute Gasteiger partial charge is 0.478 e. The van der Waals surface area contributed by atoms with Gasteiger partial charge in [0.05, 0.1) is 0 Å². The van der Waals surface area contributed by atoms with Gasteiger partial charge in [-0.3, -0.25) is 4.79 Å². The molecule has 15 heavy (non-hydrogen) atoms. The predicted molar refractivity (Wildman–Crippen MR) is 55.3 cm³/mol. The first kappa shape index (κ1) is 10.4. The van der Waals surface area contributed by atoms with Gasteiger partial charge in [0.15, 0.2) is 0 Å². The van der Waals surface area contributed by atoms with E-state index in [-0.39, 0.29) is 23.5 Å². The van der Waals surface area contributed by atoms with Gasteiger partial charge in [-0.05, 0) is 25.2 Å². The number of carboxylic acid groups (broad SMARTS) is 1. The highest BCUT2D eigenvalue weighted by Crippen LogP contribution is 2.43. The second-order valence-corrected chi connectivity index (χ2v) is 4.55. The minimum absolute atomic E-state index is 0.00204. The van der Waals surface area contributed by atoms with Crippen molar-refractivity contribution in [2.24, 2.45) is 17.8 Å². The Balaban J connectivity index is 2.30. The van der Waals surface area contributed by atoms with E-state index < -0.39 is 5.97 Å². The highest BCUT2D eigenvalue weighted by atomic mass is 16.4. The lowest BCUT2D eigenvalue weighted by molar-refractivity contribution is -0.133. The summed E-state index contributed by atoms with van der Waals surface area (Å²) in [7, 11) is 0. The van der Waals surface area contributed by atoms with Gasteiger partial charge >= 0.3 is 5.97 Å². The van der Waals surface area contributed by atoms with Crippen LogP contribution in [-0.4, -0.2) is 16.9 Å². The lowest BCUT2D eigenvalue weighted by Crippen LogP contribution is -2.27. The summed E-state index contributed by atoms with van der Waals surface area (Å²) in [4.78, 5) is 22.7. The summed E-state index contributed by atoms with van der Waals surface area (Å²) in [6, 6.07) is 0. The number of ketones is 1. The first-order valence-corrected chi connectivity index (χ1v) is 5.61. The zero-order valence-electron chi connectivity index (χ0n) is 8.90. The molecule has 0 radical (unpaired) electrons. The van der Waals surface area contributed by atoms with Crippen molar-refractivity contribution in [1.82, 2.24) is 0 Å². The van der Waals surface area contributed by atoms with Gasteiger partial charge < -0.3 is 5.11 Å². The van der Waals surface area contributed by atoms with E-state index in [4.69, 9.17) is 5.11 Å². The maximum Gasteiger partial charge on any atom is 0.331 e. The molecule has 0 aromatic rings. The third-order valence-corrected chi connectivity index (χ3v) is 3.74. The van der Waals surface area contributed by atoms with Gasteiger partial charge in [0, 0.05) is 23.8 Å². The quantitative estimate of drug-likeness (QED) is 0.755. The normalized spacial score (nSPS) is 34.9. The van der Waals surface area contributed by atoms with Crippen molar-refractivity contribution < 1.29 is 14.7 Å². The second kappa shape index (κ2) is 3.80. The average molecular weight is 208 g/mol. The van der Waals surface area contributed by atoms with Crippen LogP contribution in [0.25, 0.3) is 0 Å². The first-order chi connectivity index (χ1) is 7.13. The first-order valence-electron chi connectivity index (χ1n) is 5.61. The van der Waals surface area contributed by atoms with Crippen LogP contribution in [-0.2, 0) is 9.59 Å². The average Bonchev–Trinajstić information content (AvgIpc) is 2.59. The fourth-order valence-electron chi connectivity index (χ4n) is 2.86. The van der Waals surface area contributed by atoms with Crippen LogP contribution in [0.5, 0.6) is 0 Å². The van der Waals surface area contributed by atoms with E-state index in [1.807, 2.05) is 13.0 Å². The monoisotopic (exact) mass is 208 g/mol. The number of rotatable bonds is 2. The van der Waals surface area contributed by atoms with Gasteiger partial charge in [0.25, 0.3) is 0 Å². The summed E-state index contributed by atoms with van der Waals surface area (Å²) in [5, 5.41) is 9.11. The van der Waals surface area contributed by atoms with Gasteiger partial charge in [0.1, 0.15) is 5.78 Å². The molecule has 3 heteroatoms. The molecule has 0 bridgehead atoms. The Bertz CT molecular complexity index is 330. The topological polar surface area (TPSA) is 54.4 Å². The summed E-state index contributed by atoms with van der Waals surface area (Å²) in [5.74, 6) is -0.300. The van der Waals surface area contributed by atoms with Crippen molar-refractivity contribution in [3.63, 3.8) is 0 Å². The number of allylic oxidation sites excluding steroid dienone is 1. The zero-order chi connectivity index (χ0) is 11.0. The van der Waals surface area contributed by atoms with Gasteiger partial charge in [-0.25, -0.2) is 4.79 Å². The molecule has 0 heterocycles. The van der Waals surface area contributed by atoms with Crippen LogP contribution in [0.15, 0.2) is 11.6 Å². The molecule has 0 spiro atoms. The highest BCUT2D eigenvalue weighted by Gasteiger charge is 2.42. The van der Waals surface area contributed by atoms with E-state index in [1.165, 1.54) is 0 Å². The molecule has 0 aromatic carbocycles. The van der Waals surface area contributed by atoms with Crippen LogP contribution >= 0.6 is 0 Å². The van der Waals surface area contributed by atoms with Gasteiger partial charge in [-0.15, -0.1) is 0 Å². The smallest absolute Gasteiger partial charge is 0.331 e. The van der Waals surface area contributed by atoms with Gasteiger partial charge in [-0.1, -0.05) is 13.0 Å². The molecular formula is C12H16O3. The standard InChI is InChI=1S/C12H16O3/c1-2-7-5-9-8(3-4-11(9)13)10(6-7)12(14)15/h6-9H,2-5H2,1H3,(H,14,15)/t7-,8-,9-/m1/s1. The third-order valence-electron chi connectivity index (χ3n) is 3.74. The number of fused-ring (bicyclic) bond motifs is 1. The van der Waals surface area contributed by atoms with E-state index in [1.54, 1.807) is 0 Å². The van der Waals surface area contributed by atoms with E-state index in [9.17, 15) is 9.59 Å². The maximum atomic E-state index is 11.6. The number of aliphatic carboxylic acids is 1. The molecule has 2 rings (SSSR count). The molecule has 2 aliphatic carbocycles. The molecule has 1 N–H and O–H groups in total. The fourth-order valence-corrected chi connectivity index (χ4v) is 2.86. The van der Waals surface area contributed by atoms with Crippen LogP contribution in [0, 0.1) is 17.8 Å².